The Labute approximate surface area is 108 Å². The smallest absolute Gasteiger partial charge is 0.0724 e. The van der Waals surface area contributed by atoms with Crippen LogP contribution in [0.4, 0.5) is 11.4 Å². The van der Waals surface area contributed by atoms with E-state index in [9.17, 15) is 0 Å². The van der Waals surface area contributed by atoms with Crippen LogP contribution >= 0.6 is 0 Å². The summed E-state index contributed by atoms with van der Waals surface area (Å²) in [5.74, 6) is 0.703. The van der Waals surface area contributed by atoms with Crippen molar-refractivity contribution >= 4 is 22.3 Å². The highest BCUT2D eigenvalue weighted by Gasteiger charge is 2.07. The summed E-state index contributed by atoms with van der Waals surface area (Å²) >= 11 is 0. The Morgan fingerprint density at radius 1 is 1.22 bits per heavy atom. The summed E-state index contributed by atoms with van der Waals surface area (Å²) in [6, 6.07) is 7.97. The van der Waals surface area contributed by atoms with Gasteiger partial charge in [-0.05, 0) is 30.2 Å². The Morgan fingerprint density at radius 2 is 2.00 bits per heavy atom. The van der Waals surface area contributed by atoms with E-state index < -0.39 is 0 Å². The molecule has 0 saturated heterocycles. The van der Waals surface area contributed by atoms with Gasteiger partial charge in [0.1, 0.15) is 0 Å². The molecule has 3 nitrogen and oxygen atoms in total. The number of nitrogens with two attached hydrogens (primary N) is 1. The third-order valence-electron chi connectivity index (χ3n) is 3.56. The van der Waals surface area contributed by atoms with E-state index in [-0.39, 0.29) is 0 Å². The number of benzene rings is 1. The first-order chi connectivity index (χ1) is 8.76. The second-order valence-electron chi connectivity index (χ2n) is 4.66. The second kappa shape index (κ2) is 5.71. The number of hydrogen-bond donors (Lipinski definition) is 2. The van der Waals surface area contributed by atoms with E-state index >= 15 is 0 Å². The molecule has 1 aromatic heterocycles. The summed E-state index contributed by atoms with van der Waals surface area (Å²) in [5, 5.41) is 4.47. The van der Waals surface area contributed by atoms with Gasteiger partial charge in [-0.3, -0.25) is 4.98 Å². The van der Waals surface area contributed by atoms with Crippen molar-refractivity contribution in [1.82, 2.24) is 4.98 Å². The summed E-state index contributed by atoms with van der Waals surface area (Å²) in [7, 11) is 0. The predicted molar refractivity (Wildman–Crippen MR) is 78.7 cm³/mol. The maximum atomic E-state index is 6.19. The average Bonchev–Trinajstić information content (AvgIpc) is 2.42. The molecule has 0 spiro atoms. The lowest BCUT2D eigenvalue weighted by molar-refractivity contribution is 0.519. The number of nitrogens with one attached hydrogen (secondary N) is 1. The molecule has 96 valence electrons. The molecule has 0 atom stereocenters. The molecule has 0 fully saturated rings. The maximum absolute atomic E-state index is 6.19. The van der Waals surface area contributed by atoms with Gasteiger partial charge in [0.25, 0.3) is 0 Å². The van der Waals surface area contributed by atoms with Crippen LogP contribution in [0.15, 0.2) is 30.5 Å². The van der Waals surface area contributed by atoms with Crippen LogP contribution in [0.25, 0.3) is 10.9 Å². The quantitative estimate of drug-likeness (QED) is 0.788. The molecule has 0 aliphatic carbocycles. The van der Waals surface area contributed by atoms with Crippen molar-refractivity contribution in [3.05, 3.63) is 30.5 Å². The van der Waals surface area contributed by atoms with Gasteiger partial charge < -0.3 is 11.1 Å². The zero-order valence-electron chi connectivity index (χ0n) is 11.1. The Morgan fingerprint density at radius 3 is 2.72 bits per heavy atom. The van der Waals surface area contributed by atoms with Crippen molar-refractivity contribution in [1.29, 1.82) is 0 Å². The Kier molecular flexibility index (Phi) is 4.03. The molecular formula is C15H21N3. The number of fused-ring (bicyclic) bond motifs is 1. The van der Waals surface area contributed by atoms with Crippen LogP contribution in [0.2, 0.25) is 0 Å². The van der Waals surface area contributed by atoms with E-state index in [1.165, 1.54) is 12.8 Å². The van der Waals surface area contributed by atoms with Gasteiger partial charge in [0.05, 0.1) is 16.9 Å². The van der Waals surface area contributed by atoms with E-state index in [0.29, 0.717) is 5.92 Å². The normalized spacial score (nSPS) is 11.1. The number of rotatable bonds is 5. The summed E-state index contributed by atoms with van der Waals surface area (Å²) in [5.41, 5.74) is 8.95. The zero-order valence-corrected chi connectivity index (χ0v) is 11.1. The number of nitrogens with zero attached hydrogens (tertiary/aromatic N) is 1. The molecule has 3 N–H and O–H groups in total. The minimum Gasteiger partial charge on any atom is -0.397 e. The van der Waals surface area contributed by atoms with Crippen LogP contribution in [-0.4, -0.2) is 11.5 Å². The Hall–Kier alpha value is -1.77. The highest BCUT2D eigenvalue weighted by atomic mass is 14.9. The van der Waals surface area contributed by atoms with E-state index in [0.717, 1.165) is 28.8 Å². The first kappa shape index (κ1) is 12.7. The van der Waals surface area contributed by atoms with Crippen LogP contribution in [0.1, 0.15) is 26.7 Å². The van der Waals surface area contributed by atoms with Gasteiger partial charge in [0.2, 0.25) is 0 Å². The number of hydrogen-bond acceptors (Lipinski definition) is 3. The molecule has 0 bridgehead atoms. The van der Waals surface area contributed by atoms with Crippen LogP contribution in [0.3, 0.4) is 0 Å². The molecule has 0 aliphatic heterocycles. The molecule has 2 rings (SSSR count). The maximum Gasteiger partial charge on any atom is 0.0724 e. The molecule has 2 aromatic rings. The minimum atomic E-state index is 0.703. The Balaban J connectivity index is 2.21. The van der Waals surface area contributed by atoms with Crippen LogP contribution < -0.4 is 11.1 Å². The third-order valence-corrected chi connectivity index (χ3v) is 3.56. The fraction of sp³-hybridized carbons (Fsp3) is 0.400. The van der Waals surface area contributed by atoms with Crippen molar-refractivity contribution in [3.63, 3.8) is 0 Å². The van der Waals surface area contributed by atoms with Crippen molar-refractivity contribution in [2.45, 2.75) is 26.7 Å². The molecule has 3 heteroatoms. The first-order valence-corrected chi connectivity index (χ1v) is 6.63. The summed E-state index contributed by atoms with van der Waals surface area (Å²) < 4.78 is 0. The largest absolute Gasteiger partial charge is 0.397 e. The predicted octanol–water partition coefficient (Wildman–Crippen LogP) is 3.67. The molecule has 1 aromatic carbocycles. The zero-order chi connectivity index (χ0) is 13.0. The van der Waals surface area contributed by atoms with E-state index in [4.69, 9.17) is 5.73 Å². The van der Waals surface area contributed by atoms with Gasteiger partial charge in [0, 0.05) is 18.1 Å². The number of anilines is 2. The highest BCUT2D eigenvalue weighted by molar-refractivity contribution is 5.96. The highest BCUT2D eigenvalue weighted by Crippen LogP contribution is 2.27. The molecule has 0 saturated carbocycles. The van der Waals surface area contributed by atoms with Gasteiger partial charge in [-0.1, -0.05) is 26.7 Å². The number of pyridine rings is 1. The monoisotopic (exact) mass is 243 g/mol. The lowest BCUT2D eigenvalue weighted by Gasteiger charge is -2.16. The molecule has 0 aliphatic rings. The summed E-state index contributed by atoms with van der Waals surface area (Å²) in [4.78, 5) is 4.30. The van der Waals surface area contributed by atoms with Crippen LogP contribution in [0, 0.1) is 5.92 Å². The van der Waals surface area contributed by atoms with Crippen molar-refractivity contribution in [2.75, 3.05) is 17.6 Å². The van der Waals surface area contributed by atoms with Gasteiger partial charge in [-0.2, -0.15) is 0 Å². The van der Waals surface area contributed by atoms with Gasteiger partial charge in [0.15, 0.2) is 0 Å². The van der Waals surface area contributed by atoms with Crippen molar-refractivity contribution in [2.24, 2.45) is 5.92 Å². The molecule has 18 heavy (non-hydrogen) atoms. The van der Waals surface area contributed by atoms with Crippen molar-refractivity contribution in [3.8, 4) is 0 Å². The standard InChI is InChI=1S/C15H21N3/c1-3-11(4-2)10-18-14-8-7-13-12(15(14)16)6-5-9-17-13/h5-9,11,18H,3-4,10,16H2,1-2H3. The lowest BCUT2D eigenvalue weighted by atomic mass is 10.0. The molecule has 1 heterocycles. The number of aromatic nitrogens is 1. The van der Waals surface area contributed by atoms with Gasteiger partial charge >= 0.3 is 0 Å². The topological polar surface area (TPSA) is 50.9 Å². The molecule has 0 unspecified atom stereocenters. The minimum absolute atomic E-state index is 0.703. The van der Waals surface area contributed by atoms with Crippen LogP contribution in [0.5, 0.6) is 0 Å². The summed E-state index contributed by atoms with van der Waals surface area (Å²) in [6.07, 6.45) is 4.18. The third kappa shape index (κ3) is 2.55. The van der Waals surface area contributed by atoms with E-state index in [2.05, 4.69) is 24.1 Å². The van der Waals surface area contributed by atoms with Crippen LogP contribution in [-0.2, 0) is 0 Å². The first-order valence-electron chi connectivity index (χ1n) is 6.63. The fourth-order valence-corrected chi connectivity index (χ4v) is 2.16. The van der Waals surface area contributed by atoms with E-state index in [1.807, 2.05) is 24.3 Å². The Bertz CT molecular complexity index is 518. The number of nitrogen functional groups attached to an aromatic ring is 1. The lowest BCUT2D eigenvalue weighted by Crippen LogP contribution is -2.13. The van der Waals surface area contributed by atoms with E-state index in [1.54, 1.807) is 6.20 Å². The molecule has 0 amide bonds. The molecular weight excluding hydrogens is 222 g/mol. The molecule has 0 radical (unpaired) electrons. The SMILES string of the molecule is CCC(CC)CNc1ccc2ncccc2c1N. The fourth-order valence-electron chi connectivity index (χ4n) is 2.16. The van der Waals surface area contributed by atoms with Gasteiger partial charge in [-0.15, -0.1) is 0 Å². The second-order valence-corrected chi connectivity index (χ2v) is 4.66. The van der Waals surface area contributed by atoms with Crippen molar-refractivity contribution < 1.29 is 0 Å². The average molecular weight is 243 g/mol. The van der Waals surface area contributed by atoms with Gasteiger partial charge in [-0.25, -0.2) is 0 Å². The summed E-state index contributed by atoms with van der Waals surface area (Å²) in [6.45, 7) is 5.43.